The summed E-state index contributed by atoms with van der Waals surface area (Å²) < 4.78 is 36.9. The third-order valence-corrected chi connectivity index (χ3v) is 4.37. The van der Waals surface area contributed by atoms with Crippen molar-refractivity contribution in [2.75, 3.05) is 5.32 Å². The van der Waals surface area contributed by atoms with Gasteiger partial charge in [0, 0.05) is 28.9 Å². The van der Waals surface area contributed by atoms with E-state index in [9.17, 15) is 18.0 Å². The topological polar surface area (TPSA) is 42.0 Å². The Morgan fingerprint density at radius 3 is 2.61 bits per heavy atom. The molecule has 0 bridgehead atoms. The molecule has 0 unspecified atom stereocenters. The molecule has 0 atom stereocenters. The van der Waals surface area contributed by atoms with Crippen LogP contribution in [0.4, 0.5) is 18.9 Å². The van der Waals surface area contributed by atoms with Crippen LogP contribution in [-0.2, 0) is 6.42 Å². The molecule has 6 heteroatoms. The van der Waals surface area contributed by atoms with Gasteiger partial charge in [0.05, 0.1) is 5.52 Å². The van der Waals surface area contributed by atoms with Gasteiger partial charge in [-0.25, -0.2) is 0 Å². The number of carbonyl (C=O) groups is 1. The van der Waals surface area contributed by atoms with Crippen LogP contribution in [-0.4, -0.2) is 17.1 Å². The Morgan fingerprint density at radius 1 is 1.14 bits per heavy atom. The average Bonchev–Trinajstić information content (AvgIpc) is 2.65. The fourth-order valence-electron chi connectivity index (χ4n) is 2.87. The van der Waals surface area contributed by atoms with Gasteiger partial charge in [0.15, 0.2) is 0 Å². The molecule has 0 aliphatic heterocycles. The molecular formula is C22H19F3N2O. The van der Waals surface area contributed by atoms with Crippen LogP contribution in [0, 0.1) is 6.92 Å². The molecule has 3 aromatic rings. The molecule has 28 heavy (non-hydrogen) atoms. The molecule has 0 saturated carbocycles. The molecule has 0 fully saturated rings. The molecule has 3 nitrogen and oxygen atoms in total. The maximum absolute atomic E-state index is 12.6. The summed E-state index contributed by atoms with van der Waals surface area (Å²) in [6, 6.07) is 12.1. The molecule has 1 N–H and O–H groups in total. The number of fused-ring (bicyclic) bond motifs is 1. The lowest BCUT2D eigenvalue weighted by molar-refractivity contribution is -0.0790. The summed E-state index contributed by atoms with van der Waals surface area (Å²) in [5.41, 5.74) is 3.90. The van der Waals surface area contributed by atoms with E-state index in [0.29, 0.717) is 22.4 Å². The molecule has 1 aromatic heterocycles. The number of rotatable bonds is 4. The first-order valence-corrected chi connectivity index (χ1v) is 8.82. The van der Waals surface area contributed by atoms with Crippen molar-refractivity contribution in [1.29, 1.82) is 0 Å². The second kappa shape index (κ2) is 7.84. The number of halogens is 3. The Labute approximate surface area is 160 Å². The molecule has 144 valence electrons. The van der Waals surface area contributed by atoms with Gasteiger partial charge in [-0.05, 0) is 54.3 Å². The highest BCUT2D eigenvalue weighted by Crippen LogP contribution is 2.22. The van der Waals surface area contributed by atoms with Crippen molar-refractivity contribution in [3.05, 3.63) is 77.0 Å². The highest BCUT2D eigenvalue weighted by molar-refractivity contribution is 6.06. The molecule has 0 aliphatic carbocycles. The highest BCUT2D eigenvalue weighted by Gasteiger charge is 2.21. The van der Waals surface area contributed by atoms with Gasteiger partial charge in [-0.15, -0.1) is 0 Å². The van der Waals surface area contributed by atoms with Crippen LogP contribution in [0.2, 0.25) is 0 Å². The van der Waals surface area contributed by atoms with Gasteiger partial charge in [-0.2, -0.15) is 13.2 Å². The van der Waals surface area contributed by atoms with E-state index in [4.69, 9.17) is 0 Å². The average molecular weight is 384 g/mol. The zero-order valence-electron chi connectivity index (χ0n) is 15.5. The van der Waals surface area contributed by atoms with Crippen LogP contribution in [0.15, 0.2) is 54.7 Å². The summed E-state index contributed by atoms with van der Waals surface area (Å²) in [7, 11) is 0. The predicted octanol–water partition coefficient (Wildman–Crippen LogP) is 5.93. The molecule has 0 saturated heterocycles. The van der Waals surface area contributed by atoms with Gasteiger partial charge in [0.2, 0.25) is 0 Å². The van der Waals surface area contributed by atoms with Crippen LogP contribution in [0.25, 0.3) is 17.0 Å². The van der Waals surface area contributed by atoms with E-state index < -0.39 is 6.18 Å². The van der Waals surface area contributed by atoms with Crippen molar-refractivity contribution in [3.8, 4) is 0 Å². The van der Waals surface area contributed by atoms with Gasteiger partial charge >= 0.3 is 6.18 Å². The zero-order chi connectivity index (χ0) is 20.3. The summed E-state index contributed by atoms with van der Waals surface area (Å²) in [5.74, 6) is -0.326. The molecular weight excluding hydrogens is 365 g/mol. The standard InChI is InChI=1S/C22H19F3N2O/c1-3-15-11-17-5-6-18(12-20(17)26-13-15)27-21(28)19-7-4-16(10-14(19)2)8-9-22(23,24)25/h4-13H,3H2,1-2H3,(H,27,28)/b9-8+. The third-order valence-electron chi connectivity index (χ3n) is 4.37. The lowest BCUT2D eigenvalue weighted by Crippen LogP contribution is -2.13. The molecule has 0 spiro atoms. The number of carbonyl (C=O) groups excluding carboxylic acids is 1. The smallest absolute Gasteiger partial charge is 0.322 e. The number of hydrogen-bond donors (Lipinski definition) is 1. The van der Waals surface area contributed by atoms with Gasteiger partial charge in [-0.1, -0.05) is 31.2 Å². The van der Waals surface area contributed by atoms with Crippen LogP contribution in [0.1, 0.15) is 34.0 Å². The van der Waals surface area contributed by atoms with E-state index in [1.165, 1.54) is 12.1 Å². The Bertz CT molecular complexity index is 1060. The Kier molecular flexibility index (Phi) is 5.49. The van der Waals surface area contributed by atoms with E-state index >= 15 is 0 Å². The maximum atomic E-state index is 12.6. The van der Waals surface area contributed by atoms with Crippen LogP contribution < -0.4 is 5.32 Å². The van der Waals surface area contributed by atoms with E-state index in [1.807, 2.05) is 12.3 Å². The molecule has 2 aromatic carbocycles. The summed E-state index contributed by atoms with van der Waals surface area (Å²) >= 11 is 0. The molecule has 3 rings (SSSR count). The van der Waals surface area contributed by atoms with Gasteiger partial charge in [-0.3, -0.25) is 9.78 Å². The number of amides is 1. The van der Waals surface area contributed by atoms with Gasteiger partial charge in [0.1, 0.15) is 0 Å². The Balaban J connectivity index is 1.79. The van der Waals surface area contributed by atoms with E-state index in [1.54, 1.807) is 25.1 Å². The van der Waals surface area contributed by atoms with Crippen LogP contribution >= 0.6 is 0 Å². The summed E-state index contributed by atoms with van der Waals surface area (Å²) in [5, 5.41) is 3.81. The SMILES string of the molecule is CCc1cnc2cc(NC(=O)c3ccc(/C=C/C(F)(F)F)cc3C)ccc2c1. The summed E-state index contributed by atoms with van der Waals surface area (Å²) in [6.45, 7) is 3.75. The minimum atomic E-state index is -4.37. The van der Waals surface area contributed by atoms with Crippen molar-refractivity contribution in [2.45, 2.75) is 26.4 Å². The number of alkyl halides is 3. The second-order valence-corrected chi connectivity index (χ2v) is 6.51. The molecule has 0 radical (unpaired) electrons. The van der Waals surface area contributed by atoms with Crippen molar-refractivity contribution < 1.29 is 18.0 Å². The zero-order valence-corrected chi connectivity index (χ0v) is 15.5. The number of hydrogen-bond acceptors (Lipinski definition) is 2. The molecule has 0 aliphatic rings. The van der Waals surface area contributed by atoms with Crippen molar-refractivity contribution in [2.24, 2.45) is 0 Å². The quantitative estimate of drug-likeness (QED) is 0.605. The maximum Gasteiger partial charge on any atom is 0.409 e. The summed E-state index contributed by atoms with van der Waals surface area (Å²) in [4.78, 5) is 17.0. The lowest BCUT2D eigenvalue weighted by Gasteiger charge is -2.10. The van der Waals surface area contributed by atoms with Gasteiger partial charge in [0.25, 0.3) is 5.91 Å². The number of nitrogens with zero attached hydrogens (tertiary/aromatic N) is 1. The number of nitrogens with one attached hydrogen (secondary N) is 1. The first kappa shape index (κ1) is 19.6. The van der Waals surface area contributed by atoms with Gasteiger partial charge < -0.3 is 5.32 Å². The van der Waals surface area contributed by atoms with E-state index in [-0.39, 0.29) is 12.0 Å². The number of anilines is 1. The number of benzene rings is 2. The first-order valence-electron chi connectivity index (χ1n) is 8.82. The number of aryl methyl sites for hydroxylation is 2. The van der Waals surface area contributed by atoms with Crippen molar-refractivity contribution in [1.82, 2.24) is 4.98 Å². The lowest BCUT2D eigenvalue weighted by atomic mass is 10.0. The largest absolute Gasteiger partial charge is 0.409 e. The van der Waals surface area contributed by atoms with Crippen molar-refractivity contribution in [3.63, 3.8) is 0 Å². The molecule has 1 heterocycles. The van der Waals surface area contributed by atoms with E-state index in [0.717, 1.165) is 29.0 Å². The van der Waals surface area contributed by atoms with E-state index in [2.05, 4.69) is 23.3 Å². The minimum Gasteiger partial charge on any atom is -0.322 e. The normalized spacial score (nSPS) is 11.9. The van der Waals surface area contributed by atoms with Crippen LogP contribution in [0.5, 0.6) is 0 Å². The number of pyridine rings is 1. The fourth-order valence-corrected chi connectivity index (χ4v) is 2.87. The first-order chi connectivity index (χ1) is 13.2. The fraction of sp³-hybridized carbons (Fsp3) is 0.182. The Morgan fingerprint density at radius 2 is 1.93 bits per heavy atom. The van der Waals surface area contributed by atoms with Crippen LogP contribution in [0.3, 0.4) is 0 Å². The predicted molar refractivity (Wildman–Crippen MR) is 105 cm³/mol. The minimum absolute atomic E-state index is 0.174. The van der Waals surface area contributed by atoms with Crippen molar-refractivity contribution >= 4 is 28.6 Å². The molecule has 1 amide bonds. The summed E-state index contributed by atoms with van der Waals surface area (Å²) in [6.07, 6.45) is -0.506. The second-order valence-electron chi connectivity index (χ2n) is 6.51. The number of aromatic nitrogens is 1. The number of allylic oxidation sites excluding steroid dienone is 1. The monoisotopic (exact) mass is 384 g/mol. The third kappa shape index (κ3) is 4.76. The Hall–Kier alpha value is -3.15. The highest BCUT2D eigenvalue weighted by atomic mass is 19.4.